The fourth-order valence-corrected chi connectivity index (χ4v) is 2.08. The molecule has 3 aromatic rings. The second kappa shape index (κ2) is 4.06. The van der Waals surface area contributed by atoms with Gasteiger partial charge in [-0.05, 0) is 6.07 Å². The number of ether oxygens (including phenoxy) is 1. The summed E-state index contributed by atoms with van der Waals surface area (Å²) in [6.45, 7) is 0. The van der Waals surface area contributed by atoms with Gasteiger partial charge in [-0.2, -0.15) is 0 Å². The van der Waals surface area contributed by atoms with Crippen molar-refractivity contribution in [3.05, 3.63) is 34.5 Å². The van der Waals surface area contributed by atoms with Crippen LogP contribution in [-0.4, -0.2) is 22.4 Å². The molecule has 0 amide bonds. The molecule has 2 aromatic carbocycles. The van der Waals surface area contributed by atoms with Crippen molar-refractivity contribution in [1.82, 2.24) is 0 Å². The van der Waals surface area contributed by atoms with Gasteiger partial charge in [0.15, 0.2) is 11.5 Å². The molecule has 0 unspecified atom stereocenters. The number of hydrogen-bond donors (Lipinski definition) is 3. The van der Waals surface area contributed by atoms with Gasteiger partial charge in [0.1, 0.15) is 28.1 Å². The van der Waals surface area contributed by atoms with Crippen molar-refractivity contribution in [3.63, 3.8) is 0 Å². The van der Waals surface area contributed by atoms with Gasteiger partial charge in [-0.3, -0.25) is 4.79 Å². The van der Waals surface area contributed by atoms with E-state index in [0.717, 1.165) is 12.1 Å². The highest BCUT2D eigenvalue weighted by molar-refractivity contribution is 5.94. The van der Waals surface area contributed by atoms with E-state index in [1.807, 2.05) is 0 Å². The van der Waals surface area contributed by atoms with E-state index in [1.165, 1.54) is 19.2 Å². The number of fused-ring (bicyclic) bond motifs is 2. The summed E-state index contributed by atoms with van der Waals surface area (Å²) >= 11 is 0. The summed E-state index contributed by atoms with van der Waals surface area (Å²) in [5.41, 5.74) is -0.272. The average Bonchev–Trinajstić information content (AvgIpc) is 2.40. The molecule has 0 atom stereocenters. The molecule has 1 aromatic heterocycles. The predicted octanol–water partition coefficient (Wildman–Crippen LogP) is 2.07. The fraction of sp³-hybridized carbons (Fsp3) is 0.0714. The lowest BCUT2D eigenvalue weighted by molar-refractivity contribution is 0.403. The maximum absolute atomic E-state index is 12.3. The summed E-state index contributed by atoms with van der Waals surface area (Å²) in [4.78, 5) is 12.3. The Labute approximate surface area is 112 Å². The Morgan fingerprint density at radius 1 is 0.950 bits per heavy atom. The fourth-order valence-electron chi connectivity index (χ4n) is 2.08. The zero-order chi connectivity index (χ0) is 14.4. The standard InChI is InChI=1S/C14H10O6/c1-19-6-2-10(17)13-12(3-6)20-11-5-9(16)8(15)4-7(11)14(13)18/h2-5,15-17H,1H3. The number of phenolic OH excluding ortho intramolecular Hbond substituents is 3. The van der Waals surface area contributed by atoms with E-state index < -0.39 is 16.9 Å². The first-order valence-electron chi connectivity index (χ1n) is 5.70. The van der Waals surface area contributed by atoms with Crippen LogP contribution in [-0.2, 0) is 0 Å². The Hall–Kier alpha value is -2.89. The zero-order valence-electron chi connectivity index (χ0n) is 10.4. The van der Waals surface area contributed by atoms with Crippen LogP contribution in [0.5, 0.6) is 23.0 Å². The molecule has 1 heterocycles. The summed E-state index contributed by atoms with van der Waals surface area (Å²) in [5.74, 6) is -0.771. The summed E-state index contributed by atoms with van der Waals surface area (Å²) in [7, 11) is 1.42. The van der Waals surface area contributed by atoms with Crippen molar-refractivity contribution in [3.8, 4) is 23.0 Å². The van der Waals surface area contributed by atoms with Gasteiger partial charge in [0.2, 0.25) is 5.43 Å². The lowest BCUT2D eigenvalue weighted by atomic mass is 10.1. The summed E-state index contributed by atoms with van der Waals surface area (Å²) < 4.78 is 10.5. The maximum Gasteiger partial charge on any atom is 0.204 e. The molecule has 102 valence electrons. The van der Waals surface area contributed by atoms with Crippen molar-refractivity contribution in [2.45, 2.75) is 0 Å². The Bertz CT molecular complexity index is 894. The topological polar surface area (TPSA) is 100 Å². The molecule has 0 bridgehead atoms. The minimum absolute atomic E-state index is 0.0108. The molecular formula is C14H10O6. The molecular weight excluding hydrogens is 264 g/mol. The maximum atomic E-state index is 12.3. The van der Waals surface area contributed by atoms with Gasteiger partial charge in [-0.15, -0.1) is 0 Å². The number of hydrogen-bond acceptors (Lipinski definition) is 6. The molecule has 3 rings (SSSR count). The number of benzene rings is 2. The van der Waals surface area contributed by atoms with Crippen molar-refractivity contribution < 1.29 is 24.5 Å². The third-order valence-electron chi connectivity index (χ3n) is 3.06. The van der Waals surface area contributed by atoms with E-state index in [0.29, 0.717) is 5.75 Å². The molecule has 0 saturated carbocycles. The van der Waals surface area contributed by atoms with Crippen LogP contribution >= 0.6 is 0 Å². The molecule has 0 aliphatic carbocycles. The highest BCUT2D eigenvalue weighted by atomic mass is 16.5. The number of methoxy groups -OCH3 is 1. The Kier molecular flexibility index (Phi) is 2.47. The van der Waals surface area contributed by atoms with E-state index >= 15 is 0 Å². The van der Waals surface area contributed by atoms with Gasteiger partial charge in [0.25, 0.3) is 0 Å². The van der Waals surface area contributed by atoms with Crippen LogP contribution in [0.15, 0.2) is 33.5 Å². The van der Waals surface area contributed by atoms with Crippen molar-refractivity contribution >= 4 is 21.9 Å². The molecule has 0 radical (unpaired) electrons. The number of aromatic hydroxyl groups is 3. The number of rotatable bonds is 1. The highest BCUT2D eigenvalue weighted by Gasteiger charge is 2.15. The smallest absolute Gasteiger partial charge is 0.204 e. The first kappa shape index (κ1) is 12.2. The Balaban J connectivity index is 2.54. The van der Waals surface area contributed by atoms with E-state index in [-0.39, 0.29) is 27.7 Å². The van der Waals surface area contributed by atoms with Crippen molar-refractivity contribution in [2.75, 3.05) is 7.11 Å². The van der Waals surface area contributed by atoms with Gasteiger partial charge >= 0.3 is 0 Å². The first-order valence-corrected chi connectivity index (χ1v) is 5.70. The van der Waals surface area contributed by atoms with E-state index in [4.69, 9.17) is 9.15 Å². The lowest BCUT2D eigenvalue weighted by Gasteiger charge is -2.06. The van der Waals surface area contributed by atoms with Crippen molar-refractivity contribution in [2.24, 2.45) is 0 Å². The summed E-state index contributed by atoms with van der Waals surface area (Å²) in [6, 6.07) is 4.99. The SMILES string of the molecule is COc1cc(O)c2c(=O)c3cc(O)c(O)cc3oc2c1. The molecule has 6 nitrogen and oxygen atoms in total. The Morgan fingerprint density at radius 2 is 1.65 bits per heavy atom. The minimum atomic E-state index is -0.503. The van der Waals surface area contributed by atoms with Crippen LogP contribution in [0.1, 0.15) is 0 Å². The van der Waals surface area contributed by atoms with Crippen LogP contribution in [0.2, 0.25) is 0 Å². The average molecular weight is 274 g/mol. The molecule has 20 heavy (non-hydrogen) atoms. The largest absolute Gasteiger partial charge is 0.507 e. The van der Waals surface area contributed by atoms with Crippen LogP contribution in [0.3, 0.4) is 0 Å². The minimum Gasteiger partial charge on any atom is -0.507 e. The summed E-state index contributed by atoms with van der Waals surface area (Å²) in [5, 5.41) is 28.8. The second-order valence-corrected chi connectivity index (χ2v) is 4.29. The molecule has 0 aliphatic rings. The molecule has 0 fully saturated rings. The second-order valence-electron chi connectivity index (χ2n) is 4.29. The van der Waals surface area contributed by atoms with Crippen LogP contribution in [0.4, 0.5) is 0 Å². The predicted molar refractivity (Wildman–Crippen MR) is 71.5 cm³/mol. The van der Waals surface area contributed by atoms with Crippen LogP contribution in [0.25, 0.3) is 21.9 Å². The van der Waals surface area contributed by atoms with Gasteiger partial charge in [-0.25, -0.2) is 0 Å². The van der Waals surface area contributed by atoms with E-state index in [9.17, 15) is 20.1 Å². The zero-order valence-corrected chi connectivity index (χ0v) is 10.4. The van der Waals surface area contributed by atoms with Gasteiger partial charge in [-0.1, -0.05) is 0 Å². The third-order valence-corrected chi connectivity index (χ3v) is 3.06. The highest BCUT2D eigenvalue weighted by Crippen LogP contribution is 2.34. The third kappa shape index (κ3) is 1.62. The molecule has 0 saturated heterocycles. The normalized spacial score (nSPS) is 11.1. The first-order chi connectivity index (χ1) is 9.51. The van der Waals surface area contributed by atoms with Crippen molar-refractivity contribution in [1.29, 1.82) is 0 Å². The van der Waals surface area contributed by atoms with Gasteiger partial charge in [0.05, 0.1) is 12.5 Å². The molecule has 3 N–H and O–H groups in total. The molecule has 0 aliphatic heterocycles. The summed E-state index contributed by atoms with van der Waals surface area (Å²) in [6.07, 6.45) is 0. The number of phenols is 3. The van der Waals surface area contributed by atoms with E-state index in [1.54, 1.807) is 0 Å². The lowest BCUT2D eigenvalue weighted by Crippen LogP contribution is -2.02. The monoisotopic (exact) mass is 274 g/mol. The molecule has 0 spiro atoms. The van der Waals surface area contributed by atoms with Gasteiger partial charge < -0.3 is 24.5 Å². The van der Waals surface area contributed by atoms with E-state index in [2.05, 4.69) is 0 Å². The van der Waals surface area contributed by atoms with Gasteiger partial charge in [0, 0.05) is 18.2 Å². The van der Waals surface area contributed by atoms with Crippen LogP contribution < -0.4 is 10.2 Å². The van der Waals surface area contributed by atoms with Crippen LogP contribution in [0, 0.1) is 0 Å². The Morgan fingerprint density at radius 3 is 2.35 bits per heavy atom. The molecule has 6 heteroatoms. The quantitative estimate of drug-likeness (QED) is 0.464.